The predicted octanol–water partition coefficient (Wildman–Crippen LogP) is 2.96. The Morgan fingerprint density at radius 2 is 2.28 bits per heavy atom. The summed E-state index contributed by atoms with van der Waals surface area (Å²) in [5, 5.41) is 12.3. The molecule has 0 atom stereocenters. The van der Waals surface area contributed by atoms with Crippen molar-refractivity contribution in [3.63, 3.8) is 0 Å². The molecule has 1 aromatic rings. The number of carboxylic acids is 1. The molecule has 4 heteroatoms. The minimum atomic E-state index is -1.01. The lowest BCUT2D eigenvalue weighted by Gasteiger charge is -2.41. The maximum Gasteiger partial charge on any atom is 0.371 e. The highest BCUT2D eigenvalue weighted by molar-refractivity contribution is 5.84. The Hall–Kier alpha value is -1.29. The topological polar surface area (TPSA) is 62.5 Å². The molecule has 0 spiro atoms. The van der Waals surface area contributed by atoms with Crippen LogP contribution in [0.2, 0.25) is 0 Å². The van der Waals surface area contributed by atoms with Crippen LogP contribution in [0.5, 0.6) is 0 Å². The first-order valence-corrected chi connectivity index (χ1v) is 6.60. The molecule has 1 aliphatic rings. The SMILES string of the molecule is CCC1(CNCc2cc(C(=O)O)oc2C)CCC1. The van der Waals surface area contributed by atoms with Crippen LogP contribution in [0, 0.1) is 12.3 Å². The summed E-state index contributed by atoms with van der Waals surface area (Å²) in [6, 6.07) is 1.62. The van der Waals surface area contributed by atoms with Crippen molar-refractivity contribution in [3.05, 3.63) is 23.2 Å². The molecule has 0 aliphatic heterocycles. The lowest BCUT2D eigenvalue weighted by atomic mass is 9.67. The van der Waals surface area contributed by atoms with Crippen LogP contribution in [0.1, 0.15) is 54.5 Å². The highest BCUT2D eigenvalue weighted by Gasteiger charge is 2.34. The molecule has 1 saturated carbocycles. The number of hydrogen-bond donors (Lipinski definition) is 2. The zero-order valence-corrected chi connectivity index (χ0v) is 11.1. The average Bonchev–Trinajstić information content (AvgIpc) is 2.64. The standard InChI is InChI=1S/C14H21NO3/c1-3-14(5-4-6-14)9-15-8-11-7-12(13(16)17)18-10(11)2/h7,15H,3-6,8-9H2,1-2H3,(H,16,17). The van der Waals surface area contributed by atoms with E-state index in [4.69, 9.17) is 9.52 Å². The molecule has 1 aliphatic carbocycles. The Bertz CT molecular complexity index is 427. The van der Waals surface area contributed by atoms with E-state index in [-0.39, 0.29) is 5.76 Å². The molecule has 1 fully saturated rings. The van der Waals surface area contributed by atoms with Gasteiger partial charge < -0.3 is 14.8 Å². The van der Waals surface area contributed by atoms with E-state index in [0.717, 1.165) is 12.1 Å². The van der Waals surface area contributed by atoms with Gasteiger partial charge in [0, 0.05) is 18.7 Å². The molecule has 0 bridgehead atoms. The van der Waals surface area contributed by atoms with Crippen LogP contribution in [-0.2, 0) is 6.54 Å². The van der Waals surface area contributed by atoms with Gasteiger partial charge in [0.15, 0.2) is 0 Å². The van der Waals surface area contributed by atoms with Crippen molar-refractivity contribution in [2.45, 2.75) is 46.1 Å². The van der Waals surface area contributed by atoms with E-state index in [0.29, 0.717) is 17.7 Å². The highest BCUT2D eigenvalue weighted by atomic mass is 16.4. The lowest BCUT2D eigenvalue weighted by molar-refractivity contribution is 0.0661. The number of aromatic carboxylic acids is 1. The molecule has 1 aromatic heterocycles. The van der Waals surface area contributed by atoms with Crippen molar-refractivity contribution in [2.24, 2.45) is 5.41 Å². The summed E-state index contributed by atoms with van der Waals surface area (Å²) in [6.07, 6.45) is 5.16. The van der Waals surface area contributed by atoms with Crippen LogP contribution >= 0.6 is 0 Å². The highest BCUT2D eigenvalue weighted by Crippen LogP contribution is 2.43. The molecule has 0 aromatic carbocycles. The maximum atomic E-state index is 10.8. The van der Waals surface area contributed by atoms with Gasteiger partial charge in [0.05, 0.1) is 0 Å². The van der Waals surface area contributed by atoms with Crippen LogP contribution in [0.4, 0.5) is 0 Å². The Morgan fingerprint density at radius 3 is 2.72 bits per heavy atom. The van der Waals surface area contributed by atoms with E-state index in [9.17, 15) is 4.79 Å². The van der Waals surface area contributed by atoms with Gasteiger partial charge in [-0.1, -0.05) is 13.3 Å². The van der Waals surface area contributed by atoms with Gasteiger partial charge in [-0.25, -0.2) is 4.79 Å². The van der Waals surface area contributed by atoms with Gasteiger partial charge in [0.1, 0.15) is 5.76 Å². The van der Waals surface area contributed by atoms with Crippen LogP contribution in [0.25, 0.3) is 0 Å². The summed E-state index contributed by atoms with van der Waals surface area (Å²) in [4.78, 5) is 10.8. The summed E-state index contributed by atoms with van der Waals surface area (Å²) in [7, 11) is 0. The second-order valence-electron chi connectivity index (χ2n) is 5.31. The fourth-order valence-corrected chi connectivity index (χ4v) is 2.60. The van der Waals surface area contributed by atoms with E-state index in [1.54, 1.807) is 6.07 Å². The Morgan fingerprint density at radius 1 is 1.56 bits per heavy atom. The minimum Gasteiger partial charge on any atom is -0.475 e. The van der Waals surface area contributed by atoms with Gasteiger partial charge in [-0.05, 0) is 37.7 Å². The summed E-state index contributed by atoms with van der Waals surface area (Å²) in [5.41, 5.74) is 1.42. The number of carboxylic acid groups (broad SMARTS) is 1. The van der Waals surface area contributed by atoms with Gasteiger partial charge in [-0.15, -0.1) is 0 Å². The van der Waals surface area contributed by atoms with Crippen molar-refractivity contribution in [1.29, 1.82) is 0 Å². The zero-order valence-electron chi connectivity index (χ0n) is 11.1. The van der Waals surface area contributed by atoms with E-state index >= 15 is 0 Å². The van der Waals surface area contributed by atoms with Crippen LogP contribution < -0.4 is 5.32 Å². The number of aryl methyl sites for hydroxylation is 1. The number of rotatable bonds is 6. The quantitative estimate of drug-likeness (QED) is 0.816. The van der Waals surface area contributed by atoms with Crippen LogP contribution in [0.3, 0.4) is 0 Å². The number of nitrogens with one attached hydrogen (secondary N) is 1. The second-order valence-corrected chi connectivity index (χ2v) is 5.31. The number of furan rings is 1. The van der Waals surface area contributed by atoms with Crippen molar-refractivity contribution in [1.82, 2.24) is 5.32 Å². The third-order valence-corrected chi connectivity index (χ3v) is 4.21. The Kier molecular flexibility index (Phi) is 3.76. The molecule has 1 heterocycles. The molecule has 4 nitrogen and oxygen atoms in total. The minimum absolute atomic E-state index is 0.0261. The van der Waals surface area contributed by atoms with Crippen molar-refractivity contribution >= 4 is 5.97 Å². The van der Waals surface area contributed by atoms with Crippen LogP contribution in [0.15, 0.2) is 10.5 Å². The number of hydrogen-bond acceptors (Lipinski definition) is 3. The number of carbonyl (C=O) groups is 1. The third kappa shape index (κ3) is 2.58. The summed E-state index contributed by atoms with van der Waals surface area (Å²) in [6.45, 7) is 5.75. The largest absolute Gasteiger partial charge is 0.475 e. The van der Waals surface area contributed by atoms with Crippen molar-refractivity contribution in [3.8, 4) is 0 Å². The average molecular weight is 251 g/mol. The van der Waals surface area contributed by atoms with E-state index in [1.165, 1.54) is 25.7 Å². The smallest absolute Gasteiger partial charge is 0.371 e. The van der Waals surface area contributed by atoms with E-state index < -0.39 is 5.97 Å². The van der Waals surface area contributed by atoms with Gasteiger partial charge in [0.25, 0.3) is 0 Å². The van der Waals surface area contributed by atoms with Gasteiger partial charge in [-0.3, -0.25) is 0 Å². The summed E-state index contributed by atoms with van der Waals surface area (Å²) >= 11 is 0. The fourth-order valence-electron chi connectivity index (χ4n) is 2.60. The monoisotopic (exact) mass is 251 g/mol. The first-order chi connectivity index (χ1) is 8.56. The molecule has 0 radical (unpaired) electrons. The predicted molar refractivity (Wildman–Crippen MR) is 68.7 cm³/mol. The molecule has 100 valence electrons. The fraction of sp³-hybridized carbons (Fsp3) is 0.643. The van der Waals surface area contributed by atoms with Crippen LogP contribution in [-0.4, -0.2) is 17.6 Å². The normalized spacial score (nSPS) is 17.4. The first kappa shape index (κ1) is 13.1. The van der Waals surface area contributed by atoms with E-state index in [2.05, 4.69) is 12.2 Å². The first-order valence-electron chi connectivity index (χ1n) is 6.60. The van der Waals surface area contributed by atoms with Gasteiger partial charge in [0.2, 0.25) is 5.76 Å². The molecule has 2 rings (SSSR count). The zero-order chi connectivity index (χ0) is 13.2. The van der Waals surface area contributed by atoms with Gasteiger partial charge in [-0.2, -0.15) is 0 Å². The maximum absolute atomic E-state index is 10.8. The van der Waals surface area contributed by atoms with Crippen molar-refractivity contribution < 1.29 is 14.3 Å². The van der Waals surface area contributed by atoms with Crippen molar-refractivity contribution in [2.75, 3.05) is 6.54 Å². The third-order valence-electron chi connectivity index (χ3n) is 4.21. The van der Waals surface area contributed by atoms with E-state index in [1.807, 2.05) is 6.92 Å². The molecular formula is C14H21NO3. The molecule has 18 heavy (non-hydrogen) atoms. The summed E-state index contributed by atoms with van der Waals surface area (Å²) < 4.78 is 5.19. The Balaban J connectivity index is 1.88. The lowest BCUT2D eigenvalue weighted by Crippen LogP contribution is -2.39. The Labute approximate surface area is 107 Å². The molecule has 2 N–H and O–H groups in total. The molecule has 0 saturated heterocycles. The second kappa shape index (κ2) is 5.14. The molecule has 0 amide bonds. The summed E-state index contributed by atoms with van der Waals surface area (Å²) in [5.74, 6) is -0.287. The molecular weight excluding hydrogens is 230 g/mol. The molecule has 0 unspecified atom stereocenters. The van der Waals surface area contributed by atoms with Gasteiger partial charge >= 0.3 is 5.97 Å².